The van der Waals surface area contributed by atoms with Gasteiger partial charge in [0.05, 0.1) is 34.8 Å². The molecule has 1 aliphatic rings. The van der Waals surface area contributed by atoms with Crippen LogP contribution >= 0.6 is 15.9 Å². The number of carbonyl (C=O) groups is 2. The number of para-hydroxylation sites is 1. The number of fused-ring (bicyclic) bond motifs is 2. The Hall–Kier alpha value is -3.48. The molecule has 1 unspecified atom stereocenters. The van der Waals surface area contributed by atoms with Crippen LogP contribution in [0.5, 0.6) is 0 Å². The minimum absolute atomic E-state index is 0.136. The highest BCUT2D eigenvalue weighted by atomic mass is 79.9. The third-order valence-electron chi connectivity index (χ3n) is 6.17. The predicted molar refractivity (Wildman–Crippen MR) is 135 cm³/mol. The van der Waals surface area contributed by atoms with Gasteiger partial charge in [0.1, 0.15) is 23.6 Å². The lowest BCUT2D eigenvalue weighted by atomic mass is 10.0. The third-order valence-corrected chi connectivity index (χ3v) is 6.61. The molecule has 1 saturated heterocycles. The topological polar surface area (TPSA) is 145 Å². The van der Waals surface area contributed by atoms with Gasteiger partial charge in [0.2, 0.25) is 0 Å². The Kier molecular flexibility index (Phi) is 6.18. The van der Waals surface area contributed by atoms with Gasteiger partial charge in [-0.2, -0.15) is 0 Å². The van der Waals surface area contributed by atoms with E-state index in [0.29, 0.717) is 27.9 Å². The van der Waals surface area contributed by atoms with Gasteiger partial charge >= 0.3 is 5.69 Å². The van der Waals surface area contributed by atoms with Gasteiger partial charge in [-0.3, -0.25) is 14.0 Å². The number of rotatable bonds is 5. The van der Waals surface area contributed by atoms with E-state index in [1.165, 1.54) is 4.40 Å². The molecule has 12 heteroatoms. The van der Waals surface area contributed by atoms with Crippen molar-refractivity contribution in [2.45, 2.75) is 32.1 Å². The molecule has 1 atom stereocenters. The molecular formula is C24H25BrN6O5. The van der Waals surface area contributed by atoms with Crippen LogP contribution in [0.1, 0.15) is 40.5 Å². The van der Waals surface area contributed by atoms with Gasteiger partial charge < -0.3 is 30.0 Å². The fraction of sp³-hybridized carbons (Fsp3) is 0.333. The highest BCUT2D eigenvalue weighted by molar-refractivity contribution is 9.10. The summed E-state index contributed by atoms with van der Waals surface area (Å²) >= 11 is 3.35. The number of nitrogens with zero attached hydrogens (tertiary/aromatic N) is 3. The number of carbonyl (C=O) groups excluding carboxylic acids is 2. The molecule has 1 fully saturated rings. The SMILES string of the molecule is CC1(C)CN(C(=O)c2cc3cc(Br)cn3c(=O)[nH]2)C(CNC(=O)c2cccc3[nH]c(CO)nc23)CO1. The average Bonchev–Trinajstić information content (AvgIpc) is 3.44. The van der Waals surface area contributed by atoms with Crippen LogP contribution in [0.3, 0.4) is 0 Å². The molecule has 4 aromatic rings. The van der Waals surface area contributed by atoms with Crippen LogP contribution in [0.2, 0.25) is 0 Å². The van der Waals surface area contributed by atoms with Crippen LogP contribution in [0.25, 0.3) is 16.6 Å². The van der Waals surface area contributed by atoms with E-state index in [4.69, 9.17) is 4.74 Å². The van der Waals surface area contributed by atoms with Gasteiger partial charge in [-0.1, -0.05) is 6.07 Å². The van der Waals surface area contributed by atoms with Crippen LogP contribution in [0, 0.1) is 0 Å². The standard InChI is InChI=1S/C24H25BrN6O5/c1-24(2)12-31(22(34)18-7-14-6-13(25)9-30(14)23(35)28-18)15(11-36-24)8-26-21(33)16-4-3-5-17-20(16)29-19(10-32)27-17/h3-7,9,15,32H,8,10-12H2,1-2H3,(H,26,33)(H,27,29)(H,28,35). The molecule has 0 radical (unpaired) electrons. The lowest BCUT2D eigenvalue weighted by molar-refractivity contribution is -0.101. The number of imidazole rings is 1. The van der Waals surface area contributed by atoms with Gasteiger partial charge in [-0.15, -0.1) is 0 Å². The number of hydrogen-bond acceptors (Lipinski definition) is 6. The second-order valence-electron chi connectivity index (χ2n) is 9.35. The fourth-order valence-corrected chi connectivity index (χ4v) is 4.85. The molecule has 36 heavy (non-hydrogen) atoms. The zero-order valence-electron chi connectivity index (χ0n) is 19.7. The molecule has 1 aromatic carbocycles. The van der Waals surface area contributed by atoms with E-state index in [2.05, 4.69) is 36.2 Å². The first-order valence-corrected chi connectivity index (χ1v) is 12.2. The maximum atomic E-state index is 13.6. The van der Waals surface area contributed by atoms with E-state index >= 15 is 0 Å². The lowest BCUT2D eigenvalue weighted by Crippen LogP contribution is -2.59. The summed E-state index contributed by atoms with van der Waals surface area (Å²) in [6, 6.07) is 8.08. The minimum atomic E-state index is -0.597. The van der Waals surface area contributed by atoms with E-state index in [1.807, 2.05) is 13.8 Å². The second-order valence-corrected chi connectivity index (χ2v) is 10.3. The third kappa shape index (κ3) is 4.54. The monoisotopic (exact) mass is 556 g/mol. The summed E-state index contributed by atoms with van der Waals surface area (Å²) in [6.45, 7) is 4.13. The second kappa shape index (κ2) is 9.19. The maximum Gasteiger partial charge on any atom is 0.330 e. The summed E-state index contributed by atoms with van der Waals surface area (Å²) in [6.07, 6.45) is 1.63. The first-order valence-electron chi connectivity index (χ1n) is 11.4. The zero-order chi connectivity index (χ0) is 25.6. The van der Waals surface area contributed by atoms with E-state index in [9.17, 15) is 19.5 Å². The highest BCUT2D eigenvalue weighted by Crippen LogP contribution is 2.23. The summed E-state index contributed by atoms with van der Waals surface area (Å²) in [5.41, 5.74) is 1.17. The summed E-state index contributed by atoms with van der Waals surface area (Å²) in [5, 5.41) is 12.2. The van der Waals surface area contributed by atoms with Crippen LogP contribution in [0.4, 0.5) is 0 Å². The zero-order valence-corrected chi connectivity index (χ0v) is 21.3. The van der Waals surface area contributed by atoms with E-state index in [0.717, 1.165) is 4.47 Å². The average molecular weight is 557 g/mol. The smallest absolute Gasteiger partial charge is 0.330 e. The van der Waals surface area contributed by atoms with E-state index in [1.54, 1.807) is 41.4 Å². The number of aliphatic hydroxyl groups excluding tert-OH is 1. The number of amides is 2. The van der Waals surface area contributed by atoms with Gasteiger partial charge in [0, 0.05) is 23.8 Å². The summed E-state index contributed by atoms with van der Waals surface area (Å²) in [5.74, 6) is -0.350. The predicted octanol–water partition coefficient (Wildman–Crippen LogP) is 1.81. The minimum Gasteiger partial charge on any atom is -0.388 e. The first-order chi connectivity index (χ1) is 17.1. The molecule has 4 heterocycles. The molecule has 5 rings (SSSR count). The van der Waals surface area contributed by atoms with Crippen molar-refractivity contribution < 1.29 is 19.4 Å². The Morgan fingerprint density at radius 2 is 2.11 bits per heavy atom. The Balaban J connectivity index is 1.38. The number of aromatic amines is 2. The van der Waals surface area contributed by atoms with Crippen molar-refractivity contribution in [2.24, 2.45) is 0 Å². The number of H-pyrrole nitrogens is 2. The van der Waals surface area contributed by atoms with Gasteiger partial charge in [0.25, 0.3) is 11.8 Å². The van der Waals surface area contributed by atoms with Gasteiger partial charge in [-0.25, -0.2) is 9.78 Å². The largest absolute Gasteiger partial charge is 0.388 e. The number of aliphatic hydroxyl groups is 1. The van der Waals surface area contributed by atoms with Crippen molar-refractivity contribution >= 4 is 44.3 Å². The number of ether oxygens (including phenoxy) is 1. The molecule has 2 amide bonds. The number of halogens is 1. The van der Waals surface area contributed by atoms with Crippen LogP contribution in [0.15, 0.2) is 45.8 Å². The van der Waals surface area contributed by atoms with Crippen LogP contribution in [-0.2, 0) is 11.3 Å². The highest BCUT2D eigenvalue weighted by Gasteiger charge is 2.37. The van der Waals surface area contributed by atoms with Gasteiger partial charge in [-0.05, 0) is 54.0 Å². The van der Waals surface area contributed by atoms with Crippen molar-refractivity contribution in [3.8, 4) is 0 Å². The summed E-state index contributed by atoms with van der Waals surface area (Å²) < 4.78 is 8.09. The van der Waals surface area contributed by atoms with Crippen molar-refractivity contribution in [2.75, 3.05) is 19.7 Å². The Bertz CT molecular complexity index is 1540. The molecule has 1 aliphatic heterocycles. The molecule has 4 N–H and O–H groups in total. The molecular weight excluding hydrogens is 532 g/mol. The Morgan fingerprint density at radius 3 is 2.89 bits per heavy atom. The summed E-state index contributed by atoms with van der Waals surface area (Å²) in [7, 11) is 0. The molecule has 3 aromatic heterocycles. The number of nitrogens with one attached hydrogen (secondary N) is 3. The van der Waals surface area contributed by atoms with Gasteiger partial charge in [0.15, 0.2) is 0 Å². The molecule has 188 valence electrons. The van der Waals surface area contributed by atoms with Crippen molar-refractivity contribution in [1.29, 1.82) is 0 Å². The normalized spacial score (nSPS) is 17.6. The quantitative estimate of drug-likeness (QED) is 0.295. The van der Waals surface area contributed by atoms with E-state index < -0.39 is 17.3 Å². The van der Waals surface area contributed by atoms with Crippen molar-refractivity contribution in [1.82, 2.24) is 29.6 Å². The molecule has 0 aliphatic carbocycles. The summed E-state index contributed by atoms with van der Waals surface area (Å²) in [4.78, 5) is 50.7. The lowest BCUT2D eigenvalue weighted by Gasteiger charge is -2.43. The molecule has 11 nitrogen and oxygen atoms in total. The number of morpholine rings is 1. The van der Waals surface area contributed by atoms with E-state index in [-0.39, 0.29) is 43.8 Å². The van der Waals surface area contributed by atoms with Crippen LogP contribution < -0.4 is 11.0 Å². The number of benzene rings is 1. The van der Waals surface area contributed by atoms with Crippen molar-refractivity contribution in [3.63, 3.8) is 0 Å². The molecule has 0 saturated carbocycles. The Labute approximate surface area is 213 Å². The Morgan fingerprint density at radius 1 is 1.31 bits per heavy atom. The van der Waals surface area contributed by atoms with Crippen LogP contribution in [-0.4, -0.2) is 72.5 Å². The molecule has 0 spiro atoms. The first kappa shape index (κ1) is 24.2. The maximum absolute atomic E-state index is 13.6. The fourth-order valence-electron chi connectivity index (χ4n) is 4.41. The molecule has 0 bridgehead atoms. The van der Waals surface area contributed by atoms with Crippen molar-refractivity contribution in [3.05, 3.63) is 68.6 Å². The number of hydrogen-bond donors (Lipinski definition) is 4. The number of aromatic nitrogens is 4.